The lowest BCUT2D eigenvalue weighted by atomic mass is 10.0. The first-order valence-corrected chi connectivity index (χ1v) is 15.7. The molecule has 4 aromatic carbocycles. The number of hydrogen-bond acceptors (Lipinski definition) is 4. The molecule has 0 saturated carbocycles. The van der Waals surface area contributed by atoms with Crippen molar-refractivity contribution in [1.29, 1.82) is 0 Å². The van der Waals surface area contributed by atoms with Gasteiger partial charge in [0.25, 0.3) is 11.8 Å². The molecule has 0 bridgehead atoms. The average Bonchev–Trinajstić information content (AvgIpc) is 3.01. The van der Waals surface area contributed by atoms with E-state index in [0.717, 1.165) is 20.6 Å². The fourth-order valence-electron chi connectivity index (χ4n) is 4.17. The SMILES string of the molecule is CCC(Sc1cccc(NC(=O)/C(=C\c2ccc(C(C)C)cc2)NC(=O)c2ccccc2)c1)C(=O)Nc1ccc(Br)cc1. The zero-order valence-electron chi connectivity index (χ0n) is 24.3. The molecule has 0 saturated heterocycles. The largest absolute Gasteiger partial charge is 0.325 e. The second kappa shape index (κ2) is 15.4. The lowest BCUT2D eigenvalue weighted by molar-refractivity contribution is -0.116. The molecule has 3 N–H and O–H groups in total. The van der Waals surface area contributed by atoms with Crippen LogP contribution in [0.15, 0.2) is 118 Å². The summed E-state index contributed by atoms with van der Waals surface area (Å²) in [7, 11) is 0. The molecule has 1 unspecified atom stereocenters. The summed E-state index contributed by atoms with van der Waals surface area (Å²) in [6.07, 6.45) is 2.29. The molecule has 4 aromatic rings. The average molecular weight is 657 g/mol. The summed E-state index contributed by atoms with van der Waals surface area (Å²) in [5, 5.41) is 8.34. The maximum Gasteiger partial charge on any atom is 0.272 e. The predicted molar refractivity (Wildman–Crippen MR) is 180 cm³/mol. The molecule has 4 rings (SSSR count). The Labute approximate surface area is 265 Å². The van der Waals surface area contributed by atoms with Gasteiger partial charge in [-0.15, -0.1) is 11.8 Å². The van der Waals surface area contributed by atoms with Gasteiger partial charge in [0.2, 0.25) is 5.91 Å². The van der Waals surface area contributed by atoms with Crippen LogP contribution in [0.5, 0.6) is 0 Å². The molecule has 0 aliphatic rings. The number of halogens is 1. The molecule has 0 fully saturated rings. The van der Waals surface area contributed by atoms with Crippen molar-refractivity contribution < 1.29 is 14.4 Å². The molecule has 0 aromatic heterocycles. The normalized spacial score (nSPS) is 12.0. The van der Waals surface area contributed by atoms with E-state index in [-0.39, 0.29) is 22.8 Å². The van der Waals surface area contributed by atoms with E-state index in [0.29, 0.717) is 23.6 Å². The fourth-order valence-corrected chi connectivity index (χ4v) is 5.45. The van der Waals surface area contributed by atoms with Gasteiger partial charge >= 0.3 is 0 Å². The van der Waals surface area contributed by atoms with Crippen LogP contribution < -0.4 is 16.0 Å². The van der Waals surface area contributed by atoms with Crippen molar-refractivity contribution in [3.63, 3.8) is 0 Å². The van der Waals surface area contributed by atoms with Crippen LogP contribution in [0.3, 0.4) is 0 Å². The fraction of sp³-hybridized carbons (Fsp3) is 0.171. The molecule has 0 radical (unpaired) electrons. The summed E-state index contributed by atoms with van der Waals surface area (Å²) in [5.74, 6) is -0.559. The molecule has 43 heavy (non-hydrogen) atoms. The lowest BCUT2D eigenvalue weighted by Crippen LogP contribution is -2.30. The minimum absolute atomic E-state index is 0.0957. The monoisotopic (exact) mass is 655 g/mol. The third-order valence-electron chi connectivity index (χ3n) is 6.59. The van der Waals surface area contributed by atoms with Crippen molar-refractivity contribution in [2.75, 3.05) is 10.6 Å². The van der Waals surface area contributed by atoms with E-state index in [1.807, 2.05) is 79.7 Å². The standard InChI is InChI=1S/C35H34BrN3O3S/c1-4-32(35(42)37-28-19-17-27(36)18-20-28)43-30-12-8-11-29(22-30)38-34(41)31(39-33(40)26-9-6-5-7-10-26)21-24-13-15-25(16-14-24)23(2)3/h5-23,32H,4H2,1-3H3,(H,37,42)(H,38,41)(H,39,40)/b31-21+. The smallest absolute Gasteiger partial charge is 0.272 e. The molecule has 1 atom stereocenters. The Balaban J connectivity index is 1.51. The Bertz CT molecular complexity index is 1590. The number of amides is 3. The number of anilines is 2. The van der Waals surface area contributed by atoms with Crippen LogP contribution in [0.25, 0.3) is 6.08 Å². The quantitative estimate of drug-likeness (QED) is 0.112. The highest BCUT2D eigenvalue weighted by molar-refractivity contribution is 9.10. The van der Waals surface area contributed by atoms with Gasteiger partial charge in [0.05, 0.1) is 5.25 Å². The molecule has 6 nitrogen and oxygen atoms in total. The van der Waals surface area contributed by atoms with Gasteiger partial charge in [-0.25, -0.2) is 0 Å². The van der Waals surface area contributed by atoms with Crippen molar-refractivity contribution in [3.05, 3.63) is 130 Å². The van der Waals surface area contributed by atoms with E-state index in [1.165, 1.54) is 17.3 Å². The summed E-state index contributed by atoms with van der Waals surface area (Å²) in [6, 6.07) is 31.4. The Hall–Kier alpha value is -4.14. The first-order chi connectivity index (χ1) is 20.7. The van der Waals surface area contributed by atoms with Gasteiger partial charge in [0, 0.05) is 26.3 Å². The van der Waals surface area contributed by atoms with E-state index in [1.54, 1.807) is 36.4 Å². The summed E-state index contributed by atoms with van der Waals surface area (Å²) >= 11 is 4.83. The van der Waals surface area contributed by atoms with Crippen LogP contribution in [-0.2, 0) is 9.59 Å². The van der Waals surface area contributed by atoms with E-state index in [4.69, 9.17) is 0 Å². The minimum Gasteiger partial charge on any atom is -0.325 e. The zero-order chi connectivity index (χ0) is 30.8. The summed E-state index contributed by atoms with van der Waals surface area (Å²) in [5.41, 5.74) is 3.81. The lowest BCUT2D eigenvalue weighted by Gasteiger charge is -2.16. The van der Waals surface area contributed by atoms with Crippen molar-refractivity contribution in [2.45, 2.75) is 43.3 Å². The van der Waals surface area contributed by atoms with Crippen LogP contribution in [0, 0.1) is 0 Å². The van der Waals surface area contributed by atoms with Crippen molar-refractivity contribution >= 4 is 62.9 Å². The van der Waals surface area contributed by atoms with E-state index in [9.17, 15) is 14.4 Å². The Morgan fingerprint density at radius 3 is 2.16 bits per heavy atom. The van der Waals surface area contributed by atoms with Gasteiger partial charge in [0.1, 0.15) is 5.70 Å². The van der Waals surface area contributed by atoms with E-state index >= 15 is 0 Å². The highest BCUT2D eigenvalue weighted by atomic mass is 79.9. The first kappa shape index (κ1) is 31.8. The van der Waals surface area contributed by atoms with Gasteiger partial charge in [-0.2, -0.15) is 0 Å². The summed E-state index contributed by atoms with van der Waals surface area (Å²) in [4.78, 5) is 40.3. The number of benzene rings is 4. The van der Waals surface area contributed by atoms with Crippen LogP contribution in [0.2, 0.25) is 0 Å². The third kappa shape index (κ3) is 9.43. The molecule has 0 spiro atoms. The van der Waals surface area contributed by atoms with Crippen LogP contribution in [-0.4, -0.2) is 23.0 Å². The van der Waals surface area contributed by atoms with E-state index in [2.05, 4.69) is 45.7 Å². The van der Waals surface area contributed by atoms with Crippen LogP contribution in [0.4, 0.5) is 11.4 Å². The summed E-state index contributed by atoms with van der Waals surface area (Å²) in [6.45, 7) is 6.20. The molecule has 0 aliphatic carbocycles. The minimum atomic E-state index is -0.459. The zero-order valence-corrected chi connectivity index (χ0v) is 26.7. The Kier molecular flexibility index (Phi) is 11.4. The first-order valence-electron chi connectivity index (χ1n) is 14.0. The number of carbonyl (C=O) groups is 3. The van der Waals surface area contributed by atoms with Crippen molar-refractivity contribution in [1.82, 2.24) is 5.32 Å². The number of thioether (sulfide) groups is 1. The highest BCUT2D eigenvalue weighted by Crippen LogP contribution is 2.29. The molecule has 3 amide bonds. The predicted octanol–water partition coefficient (Wildman–Crippen LogP) is 8.49. The topological polar surface area (TPSA) is 87.3 Å². The highest BCUT2D eigenvalue weighted by Gasteiger charge is 2.19. The van der Waals surface area contributed by atoms with Gasteiger partial charge in [-0.1, -0.05) is 85.2 Å². The van der Waals surface area contributed by atoms with Crippen LogP contribution >= 0.6 is 27.7 Å². The molecular formula is C35H34BrN3O3S. The molecule has 8 heteroatoms. The molecule has 220 valence electrons. The van der Waals surface area contributed by atoms with Crippen molar-refractivity contribution in [3.8, 4) is 0 Å². The second-order valence-electron chi connectivity index (χ2n) is 10.2. The molecular weight excluding hydrogens is 622 g/mol. The van der Waals surface area contributed by atoms with Gasteiger partial charge in [-0.05, 0) is 84.1 Å². The van der Waals surface area contributed by atoms with Gasteiger partial charge < -0.3 is 16.0 Å². The molecule has 0 aliphatic heterocycles. The maximum absolute atomic E-state index is 13.5. The number of hydrogen-bond donors (Lipinski definition) is 3. The number of carbonyl (C=O) groups excluding carboxylic acids is 3. The van der Waals surface area contributed by atoms with Crippen LogP contribution in [0.1, 0.15) is 54.6 Å². The number of rotatable bonds is 11. The second-order valence-corrected chi connectivity index (χ2v) is 12.4. The van der Waals surface area contributed by atoms with E-state index < -0.39 is 5.91 Å². The third-order valence-corrected chi connectivity index (χ3v) is 8.47. The Morgan fingerprint density at radius 1 is 0.814 bits per heavy atom. The van der Waals surface area contributed by atoms with Gasteiger partial charge in [0.15, 0.2) is 0 Å². The van der Waals surface area contributed by atoms with Crippen molar-refractivity contribution in [2.24, 2.45) is 0 Å². The Morgan fingerprint density at radius 2 is 1.51 bits per heavy atom. The number of nitrogens with one attached hydrogen (secondary N) is 3. The summed E-state index contributed by atoms with van der Waals surface area (Å²) < 4.78 is 0.937. The maximum atomic E-state index is 13.5. The van der Waals surface area contributed by atoms with Gasteiger partial charge in [-0.3, -0.25) is 14.4 Å². The molecule has 0 heterocycles.